The summed E-state index contributed by atoms with van der Waals surface area (Å²) in [7, 11) is 0. The molecule has 124 valence electrons. The monoisotopic (exact) mass is 312 g/mol. The number of fused-ring (bicyclic) bond motifs is 1. The van der Waals surface area contributed by atoms with Gasteiger partial charge in [0, 0.05) is 0 Å². The van der Waals surface area contributed by atoms with Crippen molar-refractivity contribution in [1.82, 2.24) is 0 Å². The molecule has 2 aromatic carbocycles. The van der Waals surface area contributed by atoms with E-state index in [-0.39, 0.29) is 6.10 Å². The van der Waals surface area contributed by atoms with Crippen LogP contribution in [-0.4, -0.2) is 16.8 Å². The molecule has 0 aliphatic heterocycles. The molecule has 2 aromatic rings. The Morgan fingerprint density at radius 2 is 1.61 bits per heavy atom. The summed E-state index contributed by atoms with van der Waals surface area (Å²) < 4.78 is 6.24. The maximum Gasteiger partial charge on any atom is 0.0886 e. The Hall–Kier alpha value is -1.64. The summed E-state index contributed by atoms with van der Waals surface area (Å²) in [5.74, 6) is 0. The summed E-state index contributed by atoms with van der Waals surface area (Å²) in [5.41, 5.74) is 1.80. The van der Waals surface area contributed by atoms with Gasteiger partial charge in [0.1, 0.15) is 0 Å². The Morgan fingerprint density at radius 1 is 1.09 bits per heavy atom. The molecule has 0 aromatic heterocycles. The first-order chi connectivity index (χ1) is 10.5. The number of benzene rings is 2. The summed E-state index contributed by atoms with van der Waals surface area (Å²) in [6.45, 7) is 15.7. The van der Waals surface area contributed by atoms with Gasteiger partial charge in [-0.3, -0.25) is 0 Å². The Bertz CT molecular complexity index is 720. The number of hydrogen-bond donors (Lipinski definition) is 1. The zero-order valence-electron chi connectivity index (χ0n) is 15.1. The van der Waals surface area contributed by atoms with E-state index in [2.05, 4.69) is 30.8 Å². The standard InChI is InChI=1S/C21H28O2/c1-14(2)18-12-16-10-8-9-11-17(16)13-19(18)21(6,7)23-15(3)20(4,5)22/h8-13,15,22H,1H2,2-7H3. The van der Waals surface area contributed by atoms with Crippen molar-refractivity contribution in [1.29, 1.82) is 0 Å². The van der Waals surface area contributed by atoms with Crippen LogP contribution in [0, 0.1) is 0 Å². The third-order valence-corrected chi connectivity index (χ3v) is 4.46. The molecule has 23 heavy (non-hydrogen) atoms. The molecule has 0 saturated heterocycles. The van der Waals surface area contributed by atoms with Crippen LogP contribution < -0.4 is 0 Å². The lowest BCUT2D eigenvalue weighted by Gasteiger charge is -2.36. The highest BCUT2D eigenvalue weighted by atomic mass is 16.5. The number of hydrogen-bond acceptors (Lipinski definition) is 2. The zero-order valence-corrected chi connectivity index (χ0v) is 15.1. The highest BCUT2D eigenvalue weighted by Crippen LogP contribution is 2.36. The topological polar surface area (TPSA) is 29.5 Å². The van der Waals surface area contributed by atoms with Gasteiger partial charge in [0.25, 0.3) is 0 Å². The highest BCUT2D eigenvalue weighted by molar-refractivity contribution is 5.87. The summed E-state index contributed by atoms with van der Waals surface area (Å²) in [5, 5.41) is 12.6. The molecule has 0 fully saturated rings. The van der Waals surface area contributed by atoms with Crippen LogP contribution in [0.4, 0.5) is 0 Å². The number of ether oxygens (including phenoxy) is 1. The first kappa shape index (κ1) is 17.7. The number of rotatable bonds is 5. The molecular weight excluding hydrogens is 284 g/mol. The summed E-state index contributed by atoms with van der Waals surface area (Å²) in [4.78, 5) is 0. The quantitative estimate of drug-likeness (QED) is 0.813. The zero-order chi connectivity index (χ0) is 17.4. The lowest BCUT2D eigenvalue weighted by molar-refractivity contribution is -0.146. The predicted molar refractivity (Wildman–Crippen MR) is 98.5 cm³/mol. The van der Waals surface area contributed by atoms with Crippen molar-refractivity contribution in [2.75, 3.05) is 0 Å². The average Bonchev–Trinajstić information content (AvgIpc) is 2.44. The number of allylic oxidation sites excluding steroid dienone is 1. The lowest BCUT2D eigenvalue weighted by Crippen LogP contribution is -2.41. The molecule has 0 aliphatic carbocycles. The minimum atomic E-state index is -0.891. The van der Waals surface area contributed by atoms with Crippen molar-refractivity contribution in [2.24, 2.45) is 0 Å². The van der Waals surface area contributed by atoms with E-state index in [1.165, 1.54) is 10.8 Å². The maximum absolute atomic E-state index is 10.2. The van der Waals surface area contributed by atoms with Crippen molar-refractivity contribution in [3.63, 3.8) is 0 Å². The molecule has 0 aliphatic rings. The van der Waals surface area contributed by atoms with Gasteiger partial charge >= 0.3 is 0 Å². The first-order valence-corrected chi connectivity index (χ1v) is 8.12. The fourth-order valence-electron chi connectivity index (χ4n) is 2.74. The van der Waals surface area contributed by atoms with Gasteiger partial charge in [0.2, 0.25) is 0 Å². The van der Waals surface area contributed by atoms with E-state index in [4.69, 9.17) is 4.74 Å². The van der Waals surface area contributed by atoms with Crippen LogP contribution in [0.2, 0.25) is 0 Å². The van der Waals surface area contributed by atoms with Crippen LogP contribution in [0.25, 0.3) is 16.3 Å². The van der Waals surface area contributed by atoms with Crippen molar-refractivity contribution in [3.8, 4) is 0 Å². The fourth-order valence-corrected chi connectivity index (χ4v) is 2.74. The second kappa shape index (κ2) is 6.10. The first-order valence-electron chi connectivity index (χ1n) is 8.12. The maximum atomic E-state index is 10.2. The molecule has 0 spiro atoms. The second-order valence-corrected chi connectivity index (χ2v) is 7.45. The van der Waals surface area contributed by atoms with Gasteiger partial charge in [0.05, 0.1) is 17.3 Å². The molecule has 2 nitrogen and oxygen atoms in total. The van der Waals surface area contributed by atoms with Crippen LogP contribution in [0.5, 0.6) is 0 Å². The summed E-state index contributed by atoms with van der Waals surface area (Å²) in [6.07, 6.45) is -0.290. The van der Waals surface area contributed by atoms with Gasteiger partial charge in [-0.2, -0.15) is 0 Å². The molecule has 1 unspecified atom stereocenters. The molecule has 0 bridgehead atoms. The van der Waals surface area contributed by atoms with Gasteiger partial charge in [-0.25, -0.2) is 0 Å². The van der Waals surface area contributed by atoms with Gasteiger partial charge in [0.15, 0.2) is 0 Å². The minimum Gasteiger partial charge on any atom is -0.388 e. The molecule has 0 radical (unpaired) electrons. The van der Waals surface area contributed by atoms with Crippen LogP contribution in [0.1, 0.15) is 52.7 Å². The van der Waals surface area contributed by atoms with Gasteiger partial charge in [-0.1, -0.05) is 36.4 Å². The second-order valence-electron chi connectivity index (χ2n) is 7.45. The fraction of sp³-hybridized carbons (Fsp3) is 0.429. The van der Waals surface area contributed by atoms with E-state index in [9.17, 15) is 5.11 Å². The largest absolute Gasteiger partial charge is 0.388 e. The Labute approximate surface area is 139 Å². The molecule has 2 rings (SSSR count). The molecule has 1 atom stereocenters. The summed E-state index contributed by atoms with van der Waals surface area (Å²) in [6, 6.07) is 12.7. The van der Waals surface area contributed by atoms with E-state index >= 15 is 0 Å². The Morgan fingerprint density at radius 3 is 2.09 bits per heavy atom. The minimum absolute atomic E-state index is 0.290. The average molecular weight is 312 g/mol. The number of aliphatic hydroxyl groups is 1. The summed E-state index contributed by atoms with van der Waals surface area (Å²) >= 11 is 0. The van der Waals surface area contributed by atoms with Crippen molar-refractivity contribution < 1.29 is 9.84 Å². The molecule has 0 amide bonds. The molecule has 1 N–H and O–H groups in total. The molecule has 0 saturated carbocycles. The highest BCUT2D eigenvalue weighted by Gasteiger charge is 2.32. The SMILES string of the molecule is C=C(C)c1cc2ccccc2cc1C(C)(C)OC(C)C(C)(C)O. The van der Waals surface area contributed by atoms with Crippen molar-refractivity contribution in [3.05, 3.63) is 54.1 Å². The van der Waals surface area contributed by atoms with E-state index in [1.54, 1.807) is 13.8 Å². The molecule has 2 heteroatoms. The van der Waals surface area contributed by atoms with Gasteiger partial charge < -0.3 is 9.84 Å². The smallest absolute Gasteiger partial charge is 0.0886 e. The van der Waals surface area contributed by atoms with E-state index in [1.807, 2.05) is 39.8 Å². The van der Waals surface area contributed by atoms with Gasteiger partial charge in [-0.05, 0) is 75.6 Å². The van der Waals surface area contributed by atoms with Crippen LogP contribution in [0.3, 0.4) is 0 Å². The van der Waals surface area contributed by atoms with Crippen LogP contribution in [0.15, 0.2) is 43.0 Å². The van der Waals surface area contributed by atoms with Crippen LogP contribution in [-0.2, 0) is 10.3 Å². The van der Waals surface area contributed by atoms with Gasteiger partial charge in [-0.15, -0.1) is 0 Å². The molecule has 0 heterocycles. The normalized spacial score (nSPS) is 14.0. The third kappa shape index (κ3) is 3.82. The van der Waals surface area contributed by atoms with Crippen molar-refractivity contribution in [2.45, 2.75) is 58.8 Å². The Kier molecular flexibility index (Phi) is 4.70. The third-order valence-electron chi connectivity index (χ3n) is 4.46. The lowest BCUT2D eigenvalue weighted by atomic mass is 9.87. The van der Waals surface area contributed by atoms with Crippen LogP contribution >= 0.6 is 0 Å². The Balaban J connectivity index is 2.55. The van der Waals surface area contributed by atoms with E-state index in [0.717, 1.165) is 16.7 Å². The predicted octanol–water partition coefficient (Wildman–Crippen LogP) is 5.28. The molecular formula is C21H28O2. The van der Waals surface area contributed by atoms with E-state index in [0.29, 0.717) is 0 Å². The van der Waals surface area contributed by atoms with Crippen molar-refractivity contribution >= 4 is 16.3 Å². The van der Waals surface area contributed by atoms with E-state index < -0.39 is 11.2 Å².